The zero-order chi connectivity index (χ0) is 19.1. The molecular weight excluding hydrogens is 330 g/mol. The molecule has 0 radical (unpaired) electrons. The normalized spacial score (nSPS) is 16.4. The summed E-state index contributed by atoms with van der Waals surface area (Å²) in [6.07, 6.45) is 1.48. The van der Waals surface area contributed by atoms with Crippen LogP contribution in [0.1, 0.15) is 39.2 Å². The summed E-state index contributed by atoms with van der Waals surface area (Å²) in [5.41, 5.74) is 6.75. The molecule has 2 N–H and O–H groups in total. The Morgan fingerprint density at radius 1 is 1.19 bits per heavy atom. The van der Waals surface area contributed by atoms with Gasteiger partial charge in [0.05, 0.1) is 6.04 Å². The van der Waals surface area contributed by atoms with Gasteiger partial charge in [-0.25, -0.2) is 4.79 Å². The van der Waals surface area contributed by atoms with E-state index in [4.69, 9.17) is 10.5 Å². The summed E-state index contributed by atoms with van der Waals surface area (Å²) in [5, 5.41) is 0. The molecule has 1 aromatic rings. The van der Waals surface area contributed by atoms with E-state index in [1.807, 2.05) is 49.1 Å². The highest BCUT2D eigenvalue weighted by molar-refractivity contribution is 5.81. The lowest BCUT2D eigenvalue weighted by Crippen LogP contribution is -2.49. The number of amides is 2. The van der Waals surface area contributed by atoms with Crippen LogP contribution in [0.2, 0.25) is 0 Å². The van der Waals surface area contributed by atoms with E-state index in [0.29, 0.717) is 32.2 Å². The fourth-order valence-electron chi connectivity index (χ4n) is 3.20. The SMILES string of the molecule is CC(N)C(=O)N(CC1CCN(C(=O)OCc2ccccc2)CC1)C(C)C. The topological polar surface area (TPSA) is 75.9 Å². The van der Waals surface area contributed by atoms with Gasteiger partial charge in [-0.1, -0.05) is 30.3 Å². The largest absolute Gasteiger partial charge is 0.445 e. The monoisotopic (exact) mass is 361 g/mol. The van der Waals surface area contributed by atoms with E-state index < -0.39 is 6.04 Å². The Hall–Kier alpha value is -2.08. The highest BCUT2D eigenvalue weighted by atomic mass is 16.6. The van der Waals surface area contributed by atoms with Gasteiger partial charge < -0.3 is 20.3 Å². The summed E-state index contributed by atoms with van der Waals surface area (Å²) in [4.78, 5) is 28.1. The van der Waals surface area contributed by atoms with Crippen LogP contribution in [-0.4, -0.2) is 53.5 Å². The first kappa shape index (κ1) is 20.2. The predicted octanol–water partition coefficient (Wildman–Crippen LogP) is 2.62. The van der Waals surface area contributed by atoms with E-state index in [1.165, 1.54) is 0 Å². The maximum Gasteiger partial charge on any atom is 0.410 e. The van der Waals surface area contributed by atoms with E-state index in [2.05, 4.69) is 0 Å². The average Bonchev–Trinajstić information content (AvgIpc) is 2.64. The van der Waals surface area contributed by atoms with Crippen molar-refractivity contribution in [2.45, 2.75) is 52.3 Å². The van der Waals surface area contributed by atoms with E-state index in [1.54, 1.807) is 11.8 Å². The summed E-state index contributed by atoms with van der Waals surface area (Å²) in [5.74, 6) is 0.378. The molecule has 6 heteroatoms. The van der Waals surface area contributed by atoms with E-state index in [0.717, 1.165) is 18.4 Å². The Balaban J connectivity index is 1.78. The molecule has 2 amide bonds. The van der Waals surface area contributed by atoms with Gasteiger partial charge in [-0.15, -0.1) is 0 Å². The van der Waals surface area contributed by atoms with Crippen molar-refractivity contribution in [3.05, 3.63) is 35.9 Å². The van der Waals surface area contributed by atoms with Gasteiger partial charge in [0.2, 0.25) is 5.91 Å². The van der Waals surface area contributed by atoms with Crippen LogP contribution in [-0.2, 0) is 16.1 Å². The van der Waals surface area contributed by atoms with Crippen LogP contribution in [0, 0.1) is 5.92 Å². The number of nitrogens with zero attached hydrogens (tertiary/aromatic N) is 2. The minimum Gasteiger partial charge on any atom is -0.445 e. The van der Waals surface area contributed by atoms with Crippen LogP contribution < -0.4 is 5.73 Å². The highest BCUT2D eigenvalue weighted by Gasteiger charge is 2.28. The van der Waals surface area contributed by atoms with Crippen molar-refractivity contribution in [2.75, 3.05) is 19.6 Å². The van der Waals surface area contributed by atoms with Crippen LogP contribution in [0.4, 0.5) is 4.79 Å². The van der Waals surface area contributed by atoms with Crippen LogP contribution >= 0.6 is 0 Å². The molecule has 2 rings (SSSR count). The molecule has 1 heterocycles. The Morgan fingerprint density at radius 2 is 1.81 bits per heavy atom. The third-order valence-electron chi connectivity index (χ3n) is 4.83. The van der Waals surface area contributed by atoms with Crippen molar-refractivity contribution in [3.8, 4) is 0 Å². The number of carbonyl (C=O) groups is 2. The van der Waals surface area contributed by atoms with Crippen molar-refractivity contribution in [3.63, 3.8) is 0 Å². The predicted molar refractivity (Wildman–Crippen MR) is 101 cm³/mol. The molecule has 1 unspecified atom stereocenters. The third kappa shape index (κ3) is 5.73. The average molecular weight is 361 g/mol. The molecular formula is C20H31N3O3. The maximum absolute atomic E-state index is 12.3. The quantitative estimate of drug-likeness (QED) is 0.845. The lowest BCUT2D eigenvalue weighted by atomic mass is 9.95. The van der Waals surface area contributed by atoms with E-state index in [9.17, 15) is 9.59 Å². The molecule has 1 aliphatic heterocycles. The molecule has 0 aliphatic carbocycles. The van der Waals surface area contributed by atoms with Crippen molar-refractivity contribution in [1.29, 1.82) is 0 Å². The molecule has 1 aliphatic rings. The Bertz CT molecular complexity index is 581. The second-order valence-corrected chi connectivity index (χ2v) is 7.34. The van der Waals surface area contributed by atoms with Gasteiger partial charge >= 0.3 is 6.09 Å². The second-order valence-electron chi connectivity index (χ2n) is 7.34. The summed E-state index contributed by atoms with van der Waals surface area (Å²) in [6.45, 7) is 8.07. The fraction of sp³-hybridized carbons (Fsp3) is 0.600. The van der Waals surface area contributed by atoms with Gasteiger partial charge in [-0.05, 0) is 45.1 Å². The first-order chi connectivity index (χ1) is 12.4. The third-order valence-corrected chi connectivity index (χ3v) is 4.83. The number of hydrogen-bond acceptors (Lipinski definition) is 4. The van der Waals surface area contributed by atoms with Crippen molar-refractivity contribution in [2.24, 2.45) is 11.7 Å². The molecule has 1 aromatic carbocycles. The van der Waals surface area contributed by atoms with Gasteiger partial charge in [-0.2, -0.15) is 0 Å². The number of nitrogens with two attached hydrogens (primary N) is 1. The van der Waals surface area contributed by atoms with Gasteiger partial charge in [0.15, 0.2) is 0 Å². The number of ether oxygens (including phenoxy) is 1. The summed E-state index contributed by atoms with van der Waals surface area (Å²) in [6, 6.07) is 9.32. The number of hydrogen-bond donors (Lipinski definition) is 1. The number of piperidine rings is 1. The summed E-state index contributed by atoms with van der Waals surface area (Å²) in [7, 11) is 0. The maximum atomic E-state index is 12.3. The van der Waals surface area contributed by atoms with E-state index >= 15 is 0 Å². The zero-order valence-corrected chi connectivity index (χ0v) is 16.1. The first-order valence-electron chi connectivity index (χ1n) is 9.40. The smallest absolute Gasteiger partial charge is 0.410 e. The van der Waals surface area contributed by atoms with Crippen LogP contribution in [0.5, 0.6) is 0 Å². The second kappa shape index (κ2) is 9.57. The molecule has 26 heavy (non-hydrogen) atoms. The van der Waals surface area contributed by atoms with Gasteiger partial charge in [0.25, 0.3) is 0 Å². The minimum atomic E-state index is -0.481. The molecule has 1 saturated heterocycles. The molecule has 144 valence electrons. The molecule has 0 aromatic heterocycles. The number of likely N-dealkylation sites (tertiary alicyclic amines) is 1. The lowest BCUT2D eigenvalue weighted by Gasteiger charge is -2.36. The first-order valence-corrected chi connectivity index (χ1v) is 9.40. The minimum absolute atomic E-state index is 0.00954. The molecule has 1 fully saturated rings. The Kier molecular flexibility index (Phi) is 7.45. The Labute approximate surface area is 156 Å². The molecule has 0 saturated carbocycles. The van der Waals surface area contributed by atoms with Crippen LogP contribution in [0.25, 0.3) is 0 Å². The number of benzene rings is 1. The number of rotatable bonds is 6. The van der Waals surface area contributed by atoms with Crippen LogP contribution in [0.3, 0.4) is 0 Å². The fourth-order valence-corrected chi connectivity index (χ4v) is 3.20. The number of carbonyl (C=O) groups excluding carboxylic acids is 2. The van der Waals surface area contributed by atoms with Gasteiger partial charge in [-0.3, -0.25) is 4.79 Å². The standard InChI is InChI=1S/C20H31N3O3/c1-15(2)23(19(24)16(3)21)13-17-9-11-22(12-10-17)20(25)26-14-18-7-5-4-6-8-18/h4-8,15-17H,9-14,21H2,1-3H3. The highest BCUT2D eigenvalue weighted by Crippen LogP contribution is 2.20. The molecule has 0 bridgehead atoms. The molecule has 1 atom stereocenters. The molecule has 6 nitrogen and oxygen atoms in total. The summed E-state index contributed by atoms with van der Waals surface area (Å²) >= 11 is 0. The van der Waals surface area contributed by atoms with Crippen molar-refractivity contribution < 1.29 is 14.3 Å². The van der Waals surface area contributed by atoms with Crippen molar-refractivity contribution >= 4 is 12.0 Å². The van der Waals surface area contributed by atoms with Crippen molar-refractivity contribution in [1.82, 2.24) is 9.80 Å². The van der Waals surface area contributed by atoms with Gasteiger partial charge in [0.1, 0.15) is 6.61 Å². The van der Waals surface area contributed by atoms with E-state index in [-0.39, 0.29) is 18.0 Å². The Morgan fingerprint density at radius 3 is 2.35 bits per heavy atom. The molecule has 0 spiro atoms. The van der Waals surface area contributed by atoms with Crippen LogP contribution in [0.15, 0.2) is 30.3 Å². The zero-order valence-electron chi connectivity index (χ0n) is 16.1. The summed E-state index contributed by atoms with van der Waals surface area (Å²) < 4.78 is 5.40. The lowest BCUT2D eigenvalue weighted by molar-refractivity contribution is -0.134. The van der Waals surface area contributed by atoms with Gasteiger partial charge in [0, 0.05) is 25.7 Å².